The molecule has 2 heterocycles. The van der Waals surface area contributed by atoms with E-state index in [4.69, 9.17) is 0 Å². The molecular formula is C22H31N5O4S. The van der Waals surface area contributed by atoms with Crippen LogP contribution in [0.4, 0.5) is 5.69 Å². The minimum Gasteiger partial charge on any atom is -0.340 e. The molecule has 2 amide bonds. The SMILES string of the molecule is CC(=O)Nc1ccc(CC(=O)N2CCN(S(=O)(=O)c3c(C)nn(C(C)C)c3C)CC2)cc1. The molecule has 0 bridgehead atoms. The van der Waals surface area contributed by atoms with Crippen LogP contribution >= 0.6 is 0 Å². The number of nitrogens with one attached hydrogen (secondary N) is 1. The van der Waals surface area contributed by atoms with Gasteiger partial charge in [0.1, 0.15) is 4.90 Å². The minimum absolute atomic E-state index is 0.0469. The van der Waals surface area contributed by atoms with Crippen LogP contribution in [0.5, 0.6) is 0 Å². The summed E-state index contributed by atoms with van der Waals surface area (Å²) in [6.45, 7) is 10.1. The zero-order chi connectivity index (χ0) is 23.6. The van der Waals surface area contributed by atoms with E-state index in [2.05, 4.69) is 10.4 Å². The lowest BCUT2D eigenvalue weighted by Crippen LogP contribution is -2.51. The summed E-state index contributed by atoms with van der Waals surface area (Å²) < 4.78 is 29.7. The van der Waals surface area contributed by atoms with Crippen LogP contribution in [0, 0.1) is 13.8 Å². The Morgan fingerprint density at radius 2 is 1.66 bits per heavy atom. The van der Waals surface area contributed by atoms with Gasteiger partial charge in [-0.3, -0.25) is 14.3 Å². The number of aryl methyl sites for hydroxylation is 1. The van der Waals surface area contributed by atoms with Gasteiger partial charge in [-0.25, -0.2) is 8.42 Å². The molecule has 2 aromatic rings. The second-order valence-corrected chi connectivity index (χ2v) is 10.3. The molecule has 9 nitrogen and oxygen atoms in total. The highest BCUT2D eigenvalue weighted by atomic mass is 32.2. The minimum atomic E-state index is -3.68. The molecule has 0 unspecified atom stereocenters. The number of carbonyl (C=O) groups is 2. The molecule has 0 saturated carbocycles. The average molecular weight is 462 g/mol. The summed E-state index contributed by atoms with van der Waals surface area (Å²) in [6, 6.07) is 7.20. The maximum atomic E-state index is 13.3. The van der Waals surface area contributed by atoms with Gasteiger partial charge in [-0.2, -0.15) is 9.40 Å². The monoisotopic (exact) mass is 461 g/mol. The summed E-state index contributed by atoms with van der Waals surface area (Å²) in [5.41, 5.74) is 2.65. The summed E-state index contributed by atoms with van der Waals surface area (Å²) in [6.07, 6.45) is 0.229. The van der Waals surface area contributed by atoms with Gasteiger partial charge in [0.2, 0.25) is 21.8 Å². The largest absolute Gasteiger partial charge is 0.340 e. The number of piperazine rings is 1. The fourth-order valence-corrected chi connectivity index (χ4v) is 5.81. The standard InChI is InChI=1S/C22H31N5O4S/c1-15(2)27-17(4)22(16(3)24-27)32(30,31)26-12-10-25(11-13-26)21(29)14-19-6-8-20(9-7-19)23-18(5)28/h6-9,15H,10-14H2,1-5H3,(H,23,28). The van der Waals surface area contributed by atoms with E-state index < -0.39 is 10.0 Å². The number of rotatable bonds is 6. The van der Waals surface area contributed by atoms with Gasteiger partial charge in [-0.05, 0) is 45.4 Å². The number of sulfonamides is 1. The first-order valence-electron chi connectivity index (χ1n) is 10.7. The molecule has 0 aliphatic carbocycles. The van der Waals surface area contributed by atoms with Gasteiger partial charge in [0.15, 0.2) is 0 Å². The van der Waals surface area contributed by atoms with Crippen molar-refractivity contribution in [3.05, 3.63) is 41.2 Å². The number of nitrogens with zero attached hydrogens (tertiary/aromatic N) is 4. The topological polar surface area (TPSA) is 105 Å². The smallest absolute Gasteiger partial charge is 0.246 e. The van der Waals surface area contributed by atoms with Crippen LogP contribution in [0.15, 0.2) is 29.2 Å². The van der Waals surface area contributed by atoms with Crippen LogP contribution in [0.2, 0.25) is 0 Å². The normalized spacial score (nSPS) is 15.2. The van der Waals surface area contributed by atoms with Gasteiger partial charge in [0, 0.05) is 44.8 Å². The molecule has 1 aromatic heterocycles. The zero-order valence-electron chi connectivity index (χ0n) is 19.3. The van der Waals surface area contributed by atoms with Crippen molar-refractivity contribution in [2.45, 2.75) is 52.0 Å². The molecule has 0 radical (unpaired) electrons. The fourth-order valence-electron chi connectivity index (χ4n) is 4.03. The molecule has 1 N–H and O–H groups in total. The lowest BCUT2D eigenvalue weighted by Gasteiger charge is -2.34. The molecule has 1 fully saturated rings. The molecule has 174 valence electrons. The highest BCUT2D eigenvalue weighted by Crippen LogP contribution is 2.26. The van der Waals surface area contributed by atoms with Gasteiger partial charge >= 0.3 is 0 Å². The summed E-state index contributed by atoms with van der Waals surface area (Å²) in [7, 11) is -3.68. The lowest BCUT2D eigenvalue weighted by atomic mass is 10.1. The van der Waals surface area contributed by atoms with Crippen LogP contribution < -0.4 is 5.32 Å². The number of aromatic nitrogens is 2. The van der Waals surface area contributed by atoms with E-state index in [9.17, 15) is 18.0 Å². The fraction of sp³-hybridized carbons (Fsp3) is 0.500. The van der Waals surface area contributed by atoms with Gasteiger partial charge in [0.05, 0.1) is 17.8 Å². The molecule has 3 rings (SSSR count). The lowest BCUT2D eigenvalue weighted by molar-refractivity contribution is -0.131. The van der Waals surface area contributed by atoms with E-state index >= 15 is 0 Å². The Bertz CT molecular complexity index is 1100. The van der Waals surface area contributed by atoms with Crippen molar-refractivity contribution in [3.8, 4) is 0 Å². The Hall–Kier alpha value is -2.72. The number of hydrogen-bond donors (Lipinski definition) is 1. The molecule has 1 saturated heterocycles. The highest BCUT2D eigenvalue weighted by Gasteiger charge is 2.34. The Labute approximate surface area is 189 Å². The van der Waals surface area contributed by atoms with Gasteiger partial charge in [-0.1, -0.05) is 12.1 Å². The molecule has 1 aromatic carbocycles. The molecular weight excluding hydrogens is 430 g/mol. The van der Waals surface area contributed by atoms with E-state index in [1.54, 1.807) is 35.6 Å². The van der Waals surface area contributed by atoms with E-state index in [0.717, 1.165) is 5.56 Å². The Balaban J connectivity index is 1.63. The molecule has 1 aliphatic rings. The number of hydrogen-bond acceptors (Lipinski definition) is 5. The van der Waals surface area contributed by atoms with Crippen LogP contribution in [0.25, 0.3) is 0 Å². The van der Waals surface area contributed by atoms with Crippen LogP contribution in [-0.2, 0) is 26.0 Å². The molecule has 0 spiro atoms. The van der Waals surface area contributed by atoms with E-state index in [1.807, 2.05) is 26.0 Å². The van der Waals surface area contributed by atoms with E-state index in [1.165, 1.54) is 11.2 Å². The summed E-state index contributed by atoms with van der Waals surface area (Å²) in [5.74, 6) is -0.196. The highest BCUT2D eigenvalue weighted by molar-refractivity contribution is 7.89. The van der Waals surface area contributed by atoms with Crippen molar-refractivity contribution in [1.82, 2.24) is 19.0 Å². The second-order valence-electron chi connectivity index (χ2n) is 8.38. The van der Waals surface area contributed by atoms with Crippen molar-refractivity contribution in [2.75, 3.05) is 31.5 Å². The van der Waals surface area contributed by atoms with E-state index in [-0.39, 0.29) is 42.3 Å². The Morgan fingerprint density at radius 3 is 2.16 bits per heavy atom. The number of amides is 2. The first-order chi connectivity index (χ1) is 15.0. The van der Waals surface area contributed by atoms with Crippen molar-refractivity contribution < 1.29 is 18.0 Å². The van der Waals surface area contributed by atoms with Crippen molar-refractivity contribution in [2.24, 2.45) is 0 Å². The maximum absolute atomic E-state index is 13.3. The van der Waals surface area contributed by atoms with Crippen LogP contribution in [-0.4, -0.2) is 65.4 Å². The summed E-state index contributed by atoms with van der Waals surface area (Å²) in [4.78, 5) is 25.8. The third-order valence-electron chi connectivity index (χ3n) is 5.57. The number of anilines is 1. The Morgan fingerprint density at radius 1 is 1.06 bits per heavy atom. The van der Waals surface area contributed by atoms with Gasteiger partial charge in [0.25, 0.3) is 0 Å². The van der Waals surface area contributed by atoms with Crippen molar-refractivity contribution in [1.29, 1.82) is 0 Å². The quantitative estimate of drug-likeness (QED) is 0.710. The summed E-state index contributed by atoms with van der Waals surface area (Å²) >= 11 is 0. The second kappa shape index (κ2) is 9.41. The van der Waals surface area contributed by atoms with Crippen molar-refractivity contribution >= 4 is 27.5 Å². The third-order valence-corrected chi connectivity index (χ3v) is 7.72. The first kappa shape index (κ1) is 23.9. The molecule has 1 aliphatic heterocycles. The first-order valence-corrected chi connectivity index (χ1v) is 12.1. The maximum Gasteiger partial charge on any atom is 0.246 e. The van der Waals surface area contributed by atoms with Gasteiger partial charge in [-0.15, -0.1) is 0 Å². The summed E-state index contributed by atoms with van der Waals surface area (Å²) in [5, 5.41) is 7.10. The van der Waals surface area contributed by atoms with Crippen LogP contribution in [0.1, 0.15) is 43.8 Å². The number of carbonyl (C=O) groups excluding carboxylic acids is 2. The third kappa shape index (κ3) is 5.02. The molecule has 32 heavy (non-hydrogen) atoms. The molecule has 10 heteroatoms. The van der Waals surface area contributed by atoms with E-state index in [0.29, 0.717) is 30.2 Å². The average Bonchev–Trinajstić information content (AvgIpc) is 3.04. The molecule has 0 atom stereocenters. The zero-order valence-corrected chi connectivity index (χ0v) is 20.1. The van der Waals surface area contributed by atoms with Crippen molar-refractivity contribution in [3.63, 3.8) is 0 Å². The number of benzene rings is 1. The predicted octanol–water partition coefficient (Wildman–Crippen LogP) is 2.11. The van der Waals surface area contributed by atoms with Gasteiger partial charge < -0.3 is 10.2 Å². The Kier molecular flexibility index (Phi) is 7.04. The predicted molar refractivity (Wildman–Crippen MR) is 122 cm³/mol. The van der Waals surface area contributed by atoms with Crippen LogP contribution in [0.3, 0.4) is 0 Å².